The number of aromatic nitrogens is 2. The summed E-state index contributed by atoms with van der Waals surface area (Å²) in [5.74, 6) is 0.578. The summed E-state index contributed by atoms with van der Waals surface area (Å²) in [5.41, 5.74) is 5.43. The average molecular weight is 215 g/mol. The van der Waals surface area contributed by atoms with E-state index in [4.69, 9.17) is 22.1 Å². The Kier molecular flexibility index (Phi) is 2.69. The van der Waals surface area contributed by atoms with E-state index in [1.165, 1.54) is 0 Å². The van der Waals surface area contributed by atoms with Crippen LogP contribution in [0.3, 0.4) is 0 Å². The zero-order valence-corrected chi connectivity index (χ0v) is 8.29. The van der Waals surface area contributed by atoms with Gasteiger partial charge in [0.25, 0.3) is 0 Å². The van der Waals surface area contributed by atoms with Gasteiger partial charge in [0, 0.05) is 12.6 Å². The molecule has 2 heterocycles. The molecule has 1 fully saturated rings. The van der Waals surface area contributed by atoms with Crippen molar-refractivity contribution in [3.05, 3.63) is 11.2 Å². The van der Waals surface area contributed by atoms with E-state index in [1.54, 1.807) is 6.07 Å². The first-order chi connectivity index (χ1) is 6.74. The first-order valence-electron chi connectivity index (χ1n) is 4.41. The number of ether oxygens (including phenoxy) is 1. The highest BCUT2D eigenvalue weighted by Gasteiger charge is 2.16. The van der Waals surface area contributed by atoms with Gasteiger partial charge in [0.1, 0.15) is 11.3 Å². The Morgan fingerprint density at radius 2 is 2.43 bits per heavy atom. The first kappa shape index (κ1) is 9.48. The maximum Gasteiger partial charge on any atom is 0.224 e. The Morgan fingerprint density at radius 1 is 1.57 bits per heavy atom. The van der Waals surface area contributed by atoms with E-state index in [2.05, 4.69) is 15.3 Å². The average Bonchev–Trinajstić information content (AvgIpc) is 2.54. The van der Waals surface area contributed by atoms with Crippen LogP contribution in [0.2, 0.25) is 5.15 Å². The summed E-state index contributed by atoms with van der Waals surface area (Å²) in [6, 6.07) is 1.57. The molecule has 1 saturated heterocycles. The molecule has 76 valence electrons. The molecule has 0 spiro atoms. The van der Waals surface area contributed by atoms with Gasteiger partial charge < -0.3 is 15.8 Å². The summed E-state index contributed by atoms with van der Waals surface area (Å²) >= 11 is 5.71. The Bertz CT molecular complexity index is 307. The van der Waals surface area contributed by atoms with Crippen LogP contribution in [0.25, 0.3) is 0 Å². The number of anilines is 1. The first-order valence-corrected chi connectivity index (χ1v) is 4.79. The van der Waals surface area contributed by atoms with Crippen molar-refractivity contribution in [2.45, 2.75) is 12.5 Å². The van der Waals surface area contributed by atoms with Crippen LogP contribution in [0.1, 0.15) is 6.42 Å². The Hall–Kier alpha value is -1.07. The van der Waals surface area contributed by atoms with Crippen LogP contribution in [-0.4, -0.2) is 29.2 Å². The summed E-state index contributed by atoms with van der Waals surface area (Å²) in [4.78, 5) is 7.68. The second kappa shape index (κ2) is 3.98. The quantitative estimate of drug-likeness (QED) is 0.700. The van der Waals surface area contributed by atoms with Crippen LogP contribution in [-0.2, 0) is 0 Å². The highest BCUT2D eigenvalue weighted by atomic mass is 35.5. The van der Waals surface area contributed by atoms with Crippen molar-refractivity contribution in [2.24, 2.45) is 0 Å². The summed E-state index contributed by atoms with van der Waals surface area (Å²) in [5, 5.41) is 3.49. The second-order valence-corrected chi connectivity index (χ2v) is 3.51. The van der Waals surface area contributed by atoms with Crippen molar-refractivity contribution in [3.8, 4) is 5.88 Å². The summed E-state index contributed by atoms with van der Waals surface area (Å²) < 4.78 is 5.56. The molecular weight excluding hydrogens is 204 g/mol. The smallest absolute Gasteiger partial charge is 0.224 e. The lowest BCUT2D eigenvalue weighted by atomic mass is 10.3. The van der Waals surface area contributed by atoms with Gasteiger partial charge in [-0.1, -0.05) is 11.6 Å². The Balaban J connectivity index is 2.07. The van der Waals surface area contributed by atoms with E-state index in [-0.39, 0.29) is 12.1 Å². The zero-order chi connectivity index (χ0) is 9.97. The van der Waals surface area contributed by atoms with Gasteiger partial charge in [-0.15, -0.1) is 0 Å². The summed E-state index contributed by atoms with van der Waals surface area (Å²) in [7, 11) is 0. The largest absolute Gasteiger partial charge is 0.473 e. The van der Waals surface area contributed by atoms with Crippen molar-refractivity contribution >= 4 is 17.5 Å². The van der Waals surface area contributed by atoms with E-state index >= 15 is 0 Å². The van der Waals surface area contributed by atoms with Gasteiger partial charge in [-0.2, -0.15) is 4.98 Å². The van der Waals surface area contributed by atoms with Gasteiger partial charge in [0.05, 0.1) is 0 Å². The van der Waals surface area contributed by atoms with Crippen molar-refractivity contribution in [1.29, 1.82) is 0 Å². The summed E-state index contributed by atoms with van der Waals surface area (Å²) in [6.45, 7) is 1.81. The van der Waals surface area contributed by atoms with Crippen LogP contribution < -0.4 is 15.8 Å². The van der Waals surface area contributed by atoms with E-state index < -0.39 is 0 Å². The van der Waals surface area contributed by atoms with Crippen molar-refractivity contribution < 1.29 is 4.74 Å². The van der Waals surface area contributed by atoms with Gasteiger partial charge in [0.2, 0.25) is 11.8 Å². The minimum Gasteiger partial charge on any atom is -0.473 e. The molecule has 0 aromatic carbocycles. The zero-order valence-electron chi connectivity index (χ0n) is 7.53. The predicted octanol–water partition coefficient (Wildman–Crippen LogP) is 0.453. The van der Waals surface area contributed by atoms with E-state index in [9.17, 15) is 0 Å². The molecule has 0 aliphatic carbocycles. The maximum absolute atomic E-state index is 5.71. The topological polar surface area (TPSA) is 73.1 Å². The molecule has 5 nitrogen and oxygen atoms in total. The molecule has 1 aromatic rings. The fourth-order valence-electron chi connectivity index (χ4n) is 1.37. The van der Waals surface area contributed by atoms with Gasteiger partial charge >= 0.3 is 0 Å². The number of rotatable bonds is 2. The molecule has 3 N–H and O–H groups in total. The fourth-order valence-corrected chi connectivity index (χ4v) is 1.55. The standard InChI is InChI=1S/C8H11ClN4O/c9-6-3-7(13-8(10)12-6)14-5-1-2-11-4-5/h3,5,11H,1-2,4H2,(H2,10,12,13)/t5-/m0/s1. The number of nitrogen functional groups attached to an aromatic ring is 1. The van der Waals surface area contributed by atoms with Gasteiger partial charge in [-0.25, -0.2) is 4.98 Å². The Labute approximate surface area is 86.6 Å². The number of halogens is 1. The maximum atomic E-state index is 5.71. The molecule has 14 heavy (non-hydrogen) atoms. The molecule has 0 radical (unpaired) electrons. The molecule has 0 bridgehead atoms. The predicted molar refractivity (Wildman–Crippen MR) is 53.4 cm³/mol. The normalized spacial score (nSPS) is 21.1. The highest BCUT2D eigenvalue weighted by molar-refractivity contribution is 6.29. The molecule has 0 unspecified atom stereocenters. The number of hydrogen-bond donors (Lipinski definition) is 2. The lowest BCUT2D eigenvalue weighted by Gasteiger charge is -2.11. The molecule has 2 rings (SSSR count). The van der Waals surface area contributed by atoms with Crippen LogP contribution in [0.4, 0.5) is 5.95 Å². The lowest BCUT2D eigenvalue weighted by Crippen LogP contribution is -2.20. The summed E-state index contributed by atoms with van der Waals surface area (Å²) in [6.07, 6.45) is 1.13. The van der Waals surface area contributed by atoms with E-state index in [0.717, 1.165) is 19.5 Å². The minimum absolute atomic E-state index is 0.137. The van der Waals surface area contributed by atoms with Crippen LogP contribution >= 0.6 is 11.6 Å². The molecule has 6 heteroatoms. The van der Waals surface area contributed by atoms with Crippen LogP contribution in [0.15, 0.2) is 6.07 Å². The van der Waals surface area contributed by atoms with Crippen LogP contribution in [0, 0.1) is 0 Å². The van der Waals surface area contributed by atoms with Crippen molar-refractivity contribution in [1.82, 2.24) is 15.3 Å². The van der Waals surface area contributed by atoms with Crippen molar-refractivity contribution in [3.63, 3.8) is 0 Å². The Morgan fingerprint density at radius 3 is 3.07 bits per heavy atom. The van der Waals surface area contributed by atoms with E-state index in [1.807, 2.05) is 0 Å². The molecular formula is C8H11ClN4O. The molecule has 1 atom stereocenters. The third kappa shape index (κ3) is 2.24. The molecule has 1 aromatic heterocycles. The SMILES string of the molecule is Nc1nc(Cl)cc(O[C@H]2CCNC2)n1. The van der Waals surface area contributed by atoms with Gasteiger partial charge in [0.15, 0.2) is 0 Å². The number of nitrogens with zero attached hydrogens (tertiary/aromatic N) is 2. The molecule has 1 aliphatic heterocycles. The number of hydrogen-bond acceptors (Lipinski definition) is 5. The monoisotopic (exact) mass is 214 g/mol. The number of nitrogens with two attached hydrogens (primary N) is 1. The van der Waals surface area contributed by atoms with Gasteiger partial charge in [-0.3, -0.25) is 0 Å². The minimum atomic E-state index is 0.137. The van der Waals surface area contributed by atoms with Gasteiger partial charge in [-0.05, 0) is 13.0 Å². The number of nitrogens with one attached hydrogen (secondary N) is 1. The fraction of sp³-hybridized carbons (Fsp3) is 0.500. The second-order valence-electron chi connectivity index (χ2n) is 3.12. The van der Waals surface area contributed by atoms with Crippen molar-refractivity contribution in [2.75, 3.05) is 18.8 Å². The molecule has 1 aliphatic rings. The molecule has 0 amide bonds. The highest BCUT2D eigenvalue weighted by Crippen LogP contribution is 2.17. The third-order valence-electron chi connectivity index (χ3n) is 1.99. The van der Waals surface area contributed by atoms with Crippen LogP contribution in [0.5, 0.6) is 5.88 Å². The van der Waals surface area contributed by atoms with E-state index in [0.29, 0.717) is 11.0 Å². The molecule has 0 saturated carbocycles. The third-order valence-corrected chi connectivity index (χ3v) is 2.18. The lowest BCUT2D eigenvalue weighted by molar-refractivity contribution is 0.214.